The molecule has 1 fully saturated rings. The Morgan fingerprint density at radius 1 is 1.50 bits per heavy atom. The molecule has 1 unspecified atom stereocenters. The highest BCUT2D eigenvalue weighted by Crippen LogP contribution is 2.14. The van der Waals surface area contributed by atoms with Crippen LogP contribution in [0.25, 0.3) is 0 Å². The topological polar surface area (TPSA) is 95.5 Å². The molecule has 7 heteroatoms. The highest BCUT2D eigenvalue weighted by atomic mass is 32.2. The standard InChI is InChI=1S/C13H18N2O4S/c1-20(18,19)11-4-2-3-10(7-11)12(16)15-9-13(17)5-6-14-8-13/h2-4,7,14,17H,5-6,8-9H2,1H3,(H,15,16). The first-order chi connectivity index (χ1) is 9.30. The van der Waals surface area contributed by atoms with Crippen molar-refractivity contribution in [1.82, 2.24) is 10.6 Å². The molecule has 1 aromatic rings. The SMILES string of the molecule is CS(=O)(=O)c1cccc(C(=O)NCC2(O)CCNC2)c1. The fourth-order valence-corrected chi connectivity index (χ4v) is 2.76. The fourth-order valence-electron chi connectivity index (χ4n) is 2.10. The van der Waals surface area contributed by atoms with E-state index in [1.54, 1.807) is 6.07 Å². The van der Waals surface area contributed by atoms with Crippen molar-refractivity contribution in [2.75, 3.05) is 25.9 Å². The van der Waals surface area contributed by atoms with Gasteiger partial charge >= 0.3 is 0 Å². The molecule has 1 atom stereocenters. The Morgan fingerprint density at radius 2 is 2.25 bits per heavy atom. The molecule has 1 amide bonds. The predicted molar refractivity (Wildman–Crippen MR) is 74.3 cm³/mol. The van der Waals surface area contributed by atoms with Gasteiger partial charge in [0.15, 0.2) is 9.84 Å². The van der Waals surface area contributed by atoms with Crippen LogP contribution < -0.4 is 10.6 Å². The van der Waals surface area contributed by atoms with E-state index in [4.69, 9.17) is 0 Å². The van der Waals surface area contributed by atoms with Crippen LogP contribution >= 0.6 is 0 Å². The molecule has 0 saturated carbocycles. The molecule has 0 radical (unpaired) electrons. The molecular weight excluding hydrogens is 280 g/mol. The van der Waals surface area contributed by atoms with E-state index in [0.717, 1.165) is 12.8 Å². The summed E-state index contributed by atoms with van der Waals surface area (Å²) in [6, 6.07) is 5.85. The number of sulfone groups is 1. The minimum atomic E-state index is -3.34. The lowest BCUT2D eigenvalue weighted by atomic mass is 10.0. The second kappa shape index (κ2) is 5.51. The van der Waals surface area contributed by atoms with E-state index in [-0.39, 0.29) is 17.0 Å². The quantitative estimate of drug-likeness (QED) is 0.699. The minimum absolute atomic E-state index is 0.103. The van der Waals surface area contributed by atoms with E-state index in [9.17, 15) is 18.3 Å². The Labute approximate surface area is 118 Å². The maximum atomic E-state index is 12.0. The summed E-state index contributed by atoms with van der Waals surface area (Å²) in [6.45, 7) is 1.30. The van der Waals surface area contributed by atoms with Crippen LogP contribution in [0.2, 0.25) is 0 Å². The summed E-state index contributed by atoms with van der Waals surface area (Å²) in [5.41, 5.74) is -0.660. The lowest BCUT2D eigenvalue weighted by molar-refractivity contribution is 0.0562. The summed E-state index contributed by atoms with van der Waals surface area (Å²) in [7, 11) is -3.34. The van der Waals surface area contributed by atoms with Crippen molar-refractivity contribution in [2.45, 2.75) is 16.9 Å². The molecule has 0 aromatic heterocycles. The molecular formula is C13H18N2O4S. The second-order valence-electron chi connectivity index (χ2n) is 5.13. The van der Waals surface area contributed by atoms with Crippen molar-refractivity contribution < 1.29 is 18.3 Å². The zero-order valence-corrected chi connectivity index (χ0v) is 12.0. The molecule has 1 aromatic carbocycles. The number of hydrogen-bond acceptors (Lipinski definition) is 5. The maximum Gasteiger partial charge on any atom is 0.251 e. The molecule has 1 saturated heterocycles. The largest absolute Gasteiger partial charge is 0.387 e. The predicted octanol–water partition coefficient (Wildman–Crippen LogP) is -0.456. The number of nitrogens with one attached hydrogen (secondary N) is 2. The summed E-state index contributed by atoms with van der Waals surface area (Å²) < 4.78 is 22.9. The number of rotatable bonds is 4. The molecule has 3 N–H and O–H groups in total. The van der Waals surface area contributed by atoms with Crippen LogP contribution in [0.3, 0.4) is 0 Å². The molecule has 20 heavy (non-hydrogen) atoms. The van der Waals surface area contributed by atoms with E-state index in [1.165, 1.54) is 18.2 Å². The third-order valence-electron chi connectivity index (χ3n) is 3.32. The number of benzene rings is 1. The van der Waals surface area contributed by atoms with Crippen molar-refractivity contribution in [1.29, 1.82) is 0 Å². The molecule has 2 rings (SSSR count). The summed E-state index contributed by atoms with van der Waals surface area (Å²) in [6.07, 6.45) is 1.67. The monoisotopic (exact) mass is 298 g/mol. The fraction of sp³-hybridized carbons (Fsp3) is 0.462. The Morgan fingerprint density at radius 3 is 2.85 bits per heavy atom. The zero-order chi connectivity index (χ0) is 14.8. The average Bonchev–Trinajstić information content (AvgIpc) is 2.83. The molecule has 0 aliphatic carbocycles. The van der Waals surface area contributed by atoms with Gasteiger partial charge in [0, 0.05) is 24.9 Å². The lowest BCUT2D eigenvalue weighted by Crippen LogP contribution is -2.44. The molecule has 1 aliphatic rings. The van der Waals surface area contributed by atoms with Crippen molar-refractivity contribution in [3.05, 3.63) is 29.8 Å². The lowest BCUT2D eigenvalue weighted by Gasteiger charge is -2.21. The van der Waals surface area contributed by atoms with Crippen LogP contribution in [0, 0.1) is 0 Å². The normalized spacial score (nSPS) is 22.7. The first-order valence-corrected chi connectivity index (χ1v) is 8.21. The van der Waals surface area contributed by atoms with Crippen molar-refractivity contribution >= 4 is 15.7 Å². The molecule has 110 valence electrons. The van der Waals surface area contributed by atoms with E-state index in [1.807, 2.05) is 0 Å². The third-order valence-corrected chi connectivity index (χ3v) is 4.43. The average molecular weight is 298 g/mol. The van der Waals surface area contributed by atoms with Crippen molar-refractivity contribution in [2.24, 2.45) is 0 Å². The van der Waals surface area contributed by atoms with Crippen molar-refractivity contribution in [3.63, 3.8) is 0 Å². The molecule has 0 bridgehead atoms. The third kappa shape index (κ3) is 3.56. The van der Waals surface area contributed by atoms with Crippen LogP contribution in [-0.4, -0.2) is 50.9 Å². The van der Waals surface area contributed by atoms with Gasteiger partial charge in [0.2, 0.25) is 0 Å². The summed E-state index contributed by atoms with van der Waals surface area (Å²) in [5.74, 6) is -0.393. The number of hydrogen-bond donors (Lipinski definition) is 3. The Bertz CT molecular complexity index is 607. The van der Waals surface area contributed by atoms with Crippen LogP contribution in [0.4, 0.5) is 0 Å². The number of aliphatic hydroxyl groups is 1. The van der Waals surface area contributed by atoms with Gasteiger partial charge in [-0.2, -0.15) is 0 Å². The summed E-state index contributed by atoms with van der Waals surface area (Å²) in [5, 5.41) is 15.8. The molecule has 6 nitrogen and oxygen atoms in total. The first-order valence-electron chi connectivity index (χ1n) is 6.32. The highest BCUT2D eigenvalue weighted by Gasteiger charge is 2.31. The number of β-amino-alcohol motifs (C(OH)–C–C–N with tert-alkyl or cyclic N) is 1. The molecule has 1 aliphatic heterocycles. The van der Waals surface area contributed by atoms with Gasteiger partial charge in [0.1, 0.15) is 0 Å². The number of carbonyl (C=O) groups is 1. The Hall–Kier alpha value is -1.44. The van der Waals surface area contributed by atoms with Crippen LogP contribution in [-0.2, 0) is 9.84 Å². The molecule has 1 heterocycles. The smallest absolute Gasteiger partial charge is 0.251 e. The van der Waals surface area contributed by atoms with E-state index < -0.39 is 21.3 Å². The number of carbonyl (C=O) groups excluding carboxylic acids is 1. The van der Waals surface area contributed by atoms with Crippen LogP contribution in [0.15, 0.2) is 29.2 Å². The van der Waals surface area contributed by atoms with Gasteiger partial charge in [0.05, 0.1) is 10.5 Å². The Kier molecular flexibility index (Phi) is 4.12. The van der Waals surface area contributed by atoms with Gasteiger partial charge in [-0.05, 0) is 31.2 Å². The van der Waals surface area contributed by atoms with Crippen LogP contribution in [0.5, 0.6) is 0 Å². The van der Waals surface area contributed by atoms with E-state index in [2.05, 4.69) is 10.6 Å². The van der Waals surface area contributed by atoms with Crippen molar-refractivity contribution in [3.8, 4) is 0 Å². The maximum absolute atomic E-state index is 12.0. The minimum Gasteiger partial charge on any atom is -0.387 e. The summed E-state index contributed by atoms with van der Waals surface area (Å²) in [4.78, 5) is 12.1. The Balaban J connectivity index is 2.06. The van der Waals surface area contributed by atoms with Gasteiger partial charge in [-0.15, -0.1) is 0 Å². The second-order valence-corrected chi connectivity index (χ2v) is 7.15. The van der Waals surface area contributed by atoms with Crippen LogP contribution in [0.1, 0.15) is 16.8 Å². The van der Waals surface area contributed by atoms with Gasteiger partial charge in [-0.3, -0.25) is 4.79 Å². The highest BCUT2D eigenvalue weighted by molar-refractivity contribution is 7.90. The van der Waals surface area contributed by atoms with Gasteiger partial charge < -0.3 is 15.7 Å². The zero-order valence-electron chi connectivity index (χ0n) is 11.2. The van der Waals surface area contributed by atoms with Gasteiger partial charge in [0.25, 0.3) is 5.91 Å². The van der Waals surface area contributed by atoms with E-state index in [0.29, 0.717) is 13.0 Å². The van der Waals surface area contributed by atoms with Gasteiger partial charge in [-0.1, -0.05) is 6.07 Å². The van der Waals surface area contributed by atoms with Gasteiger partial charge in [-0.25, -0.2) is 8.42 Å². The number of amides is 1. The van der Waals surface area contributed by atoms with E-state index >= 15 is 0 Å². The first kappa shape index (κ1) is 15.0. The molecule has 0 spiro atoms. The summed E-state index contributed by atoms with van der Waals surface area (Å²) >= 11 is 0.